The number of hydrogen-bond acceptors (Lipinski definition) is 5. The van der Waals surface area contributed by atoms with E-state index < -0.39 is 16.1 Å². The molecule has 172 valence electrons. The summed E-state index contributed by atoms with van der Waals surface area (Å²) in [5, 5.41) is 5.75. The van der Waals surface area contributed by atoms with Crippen LogP contribution in [0.5, 0.6) is 0 Å². The highest BCUT2D eigenvalue weighted by Gasteiger charge is 2.33. The smallest absolute Gasteiger partial charge is 0.246 e. The molecule has 0 unspecified atom stereocenters. The van der Waals surface area contributed by atoms with Crippen molar-refractivity contribution < 1.29 is 18.0 Å². The van der Waals surface area contributed by atoms with E-state index in [0.717, 1.165) is 5.75 Å². The number of nitrogens with zero attached hydrogens (tertiary/aromatic N) is 1. The second-order valence-corrected chi connectivity index (χ2v) is 10.6. The molecule has 2 aromatic carbocycles. The summed E-state index contributed by atoms with van der Waals surface area (Å²) in [7, 11) is -3.56. The van der Waals surface area contributed by atoms with Gasteiger partial charge in [0.25, 0.3) is 0 Å². The maximum atomic E-state index is 12.9. The number of carbonyl (C=O) groups is 2. The van der Waals surface area contributed by atoms with E-state index in [0.29, 0.717) is 24.9 Å². The summed E-state index contributed by atoms with van der Waals surface area (Å²) in [6.45, 7) is 0.558. The fourth-order valence-electron chi connectivity index (χ4n) is 3.64. The Morgan fingerprint density at radius 3 is 2.22 bits per heavy atom. The van der Waals surface area contributed by atoms with Crippen molar-refractivity contribution in [2.75, 3.05) is 30.4 Å². The van der Waals surface area contributed by atoms with Crippen LogP contribution in [0.4, 0.5) is 5.69 Å². The average molecular weight is 476 g/mol. The third-order valence-corrected chi connectivity index (χ3v) is 8.05. The van der Waals surface area contributed by atoms with E-state index in [1.807, 2.05) is 24.5 Å². The van der Waals surface area contributed by atoms with Crippen molar-refractivity contribution in [3.05, 3.63) is 60.7 Å². The number of anilines is 1. The summed E-state index contributed by atoms with van der Waals surface area (Å²) in [6.07, 6.45) is 3.32. The third kappa shape index (κ3) is 6.34. The molecule has 1 heterocycles. The predicted octanol–water partition coefficient (Wildman–Crippen LogP) is 2.96. The highest BCUT2D eigenvalue weighted by Crippen LogP contribution is 2.24. The molecule has 2 amide bonds. The van der Waals surface area contributed by atoms with Crippen LogP contribution in [0.1, 0.15) is 19.3 Å². The van der Waals surface area contributed by atoms with E-state index in [2.05, 4.69) is 10.6 Å². The topological polar surface area (TPSA) is 95.6 Å². The number of hydrogen-bond donors (Lipinski definition) is 2. The van der Waals surface area contributed by atoms with Crippen LogP contribution >= 0.6 is 11.8 Å². The summed E-state index contributed by atoms with van der Waals surface area (Å²) >= 11 is 1.61. The van der Waals surface area contributed by atoms with Crippen LogP contribution in [0.25, 0.3) is 0 Å². The van der Waals surface area contributed by atoms with Gasteiger partial charge in [0, 0.05) is 24.7 Å². The normalized spacial score (nSPS) is 16.3. The van der Waals surface area contributed by atoms with Crippen molar-refractivity contribution in [1.82, 2.24) is 9.62 Å². The van der Waals surface area contributed by atoms with Gasteiger partial charge in [-0.15, -0.1) is 0 Å². The molecule has 2 N–H and O–H groups in total. The van der Waals surface area contributed by atoms with Gasteiger partial charge in [0.05, 0.1) is 4.90 Å². The van der Waals surface area contributed by atoms with E-state index in [1.165, 1.54) is 4.31 Å². The molecular formula is C23H29N3O4S2. The first-order valence-electron chi connectivity index (χ1n) is 10.6. The van der Waals surface area contributed by atoms with Crippen LogP contribution in [-0.2, 0) is 19.6 Å². The van der Waals surface area contributed by atoms with Crippen LogP contribution in [-0.4, -0.2) is 55.7 Å². The van der Waals surface area contributed by atoms with E-state index >= 15 is 0 Å². The van der Waals surface area contributed by atoms with Crippen molar-refractivity contribution in [2.24, 2.45) is 5.92 Å². The molecule has 0 aliphatic carbocycles. The Bertz CT molecular complexity index is 992. The molecule has 1 aliphatic heterocycles. The summed E-state index contributed by atoms with van der Waals surface area (Å²) in [5.41, 5.74) is 0.681. The van der Waals surface area contributed by atoms with Gasteiger partial charge in [-0.2, -0.15) is 16.1 Å². The number of thioether (sulfide) groups is 1. The second-order valence-electron chi connectivity index (χ2n) is 7.69. The third-order valence-electron chi connectivity index (χ3n) is 5.49. The van der Waals surface area contributed by atoms with Crippen LogP contribution in [0.15, 0.2) is 65.6 Å². The lowest BCUT2D eigenvalue weighted by atomic mass is 9.96. The van der Waals surface area contributed by atoms with Gasteiger partial charge in [-0.1, -0.05) is 36.4 Å². The first-order chi connectivity index (χ1) is 15.4. The Morgan fingerprint density at radius 1 is 1.03 bits per heavy atom. The number of piperidine rings is 1. The highest BCUT2D eigenvalue weighted by atomic mass is 32.2. The van der Waals surface area contributed by atoms with Crippen molar-refractivity contribution in [3.63, 3.8) is 0 Å². The molecule has 1 atom stereocenters. The average Bonchev–Trinajstić information content (AvgIpc) is 2.82. The van der Waals surface area contributed by atoms with Gasteiger partial charge in [-0.3, -0.25) is 9.59 Å². The molecule has 1 fully saturated rings. The van der Waals surface area contributed by atoms with Crippen LogP contribution < -0.4 is 10.6 Å². The van der Waals surface area contributed by atoms with Gasteiger partial charge in [0.15, 0.2) is 0 Å². The second kappa shape index (κ2) is 11.5. The van der Waals surface area contributed by atoms with E-state index in [4.69, 9.17) is 0 Å². The number of benzene rings is 2. The lowest BCUT2D eigenvalue weighted by Gasteiger charge is -2.31. The summed E-state index contributed by atoms with van der Waals surface area (Å²) in [6, 6.07) is 16.8. The summed E-state index contributed by atoms with van der Waals surface area (Å²) in [4.78, 5) is 25.9. The quantitative estimate of drug-likeness (QED) is 0.581. The Labute approximate surface area is 194 Å². The van der Waals surface area contributed by atoms with Crippen LogP contribution in [0.2, 0.25) is 0 Å². The van der Waals surface area contributed by atoms with Crippen LogP contribution in [0, 0.1) is 5.92 Å². The molecule has 0 radical (unpaired) electrons. The number of carbonyl (C=O) groups excluding carboxylic acids is 2. The largest absolute Gasteiger partial charge is 0.344 e. The first-order valence-corrected chi connectivity index (χ1v) is 13.5. The molecule has 0 saturated carbocycles. The Balaban J connectivity index is 1.58. The van der Waals surface area contributed by atoms with E-state index in [-0.39, 0.29) is 35.7 Å². The zero-order chi connectivity index (χ0) is 23.0. The fourth-order valence-corrected chi connectivity index (χ4v) is 5.61. The van der Waals surface area contributed by atoms with Crippen molar-refractivity contribution >= 4 is 39.3 Å². The van der Waals surface area contributed by atoms with Crippen LogP contribution in [0.3, 0.4) is 0 Å². The number of nitrogens with one attached hydrogen (secondary N) is 2. The van der Waals surface area contributed by atoms with Crippen molar-refractivity contribution in [1.29, 1.82) is 0 Å². The number of para-hydroxylation sites is 1. The minimum Gasteiger partial charge on any atom is -0.344 e. The highest BCUT2D eigenvalue weighted by molar-refractivity contribution is 7.98. The number of rotatable bonds is 9. The first kappa shape index (κ1) is 24.3. The zero-order valence-electron chi connectivity index (χ0n) is 18.1. The monoisotopic (exact) mass is 475 g/mol. The molecule has 1 aliphatic rings. The van der Waals surface area contributed by atoms with Gasteiger partial charge in [0.2, 0.25) is 21.8 Å². The maximum absolute atomic E-state index is 12.9. The molecule has 0 bridgehead atoms. The van der Waals surface area contributed by atoms with Gasteiger partial charge < -0.3 is 10.6 Å². The summed E-state index contributed by atoms with van der Waals surface area (Å²) in [5.74, 6) is -0.0294. The zero-order valence-corrected chi connectivity index (χ0v) is 19.7. The molecule has 9 heteroatoms. The van der Waals surface area contributed by atoms with Gasteiger partial charge >= 0.3 is 0 Å². The van der Waals surface area contributed by atoms with E-state index in [1.54, 1.807) is 54.2 Å². The minimum absolute atomic E-state index is 0.198. The molecule has 0 aromatic heterocycles. The van der Waals surface area contributed by atoms with E-state index in [9.17, 15) is 18.0 Å². The predicted molar refractivity (Wildman–Crippen MR) is 128 cm³/mol. The molecule has 7 nitrogen and oxygen atoms in total. The van der Waals surface area contributed by atoms with Gasteiger partial charge in [-0.05, 0) is 55.5 Å². The van der Waals surface area contributed by atoms with Gasteiger partial charge in [0.1, 0.15) is 6.04 Å². The van der Waals surface area contributed by atoms with Gasteiger partial charge in [-0.25, -0.2) is 8.42 Å². The molecule has 2 aromatic rings. The maximum Gasteiger partial charge on any atom is 0.246 e. The Morgan fingerprint density at radius 2 is 1.62 bits per heavy atom. The molecule has 32 heavy (non-hydrogen) atoms. The molecule has 0 spiro atoms. The standard InChI is InChI=1S/C23H29N3O4S2/c1-31-17-14-21(23(28)24-19-8-4-2-5-9-19)25-22(27)18-12-15-26(16-13-18)32(29,30)20-10-6-3-7-11-20/h2-11,18,21H,12-17H2,1H3,(H,24,28)(H,25,27)/t21-/m1/s1. The fraction of sp³-hybridized carbons (Fsp3) is 0.391. The molecule has 1 saturated heterocycles. The lowest BCUT2D eigenvalue weighted by Crippen LogP contribution is -2.49. The van der Waals surface area contributed by atoms with Crippen molar-refractivity contribution in [3.8, 4) is 0 Å². The lowest BCUT2D eigenvalue weighted by molar-refractivity contribution is -0.130. The SMILES string of the molecule is CSCC[C@@H](NC(=O)C1CCN(S(=O)(=O)c2ccccc2)CC1)C(=O)Nc1ccccc1. The summed E-state index contributed by atoms with van der Waals surface area (Å²) < 4.78 is 27.0. The number of amides is 2. The minimum atomic E-state index is -3.56. The Hall–Kier alpha value is -2.36. The Kier molecular flexibility index (Phi) is 8.72. The molecule has 3 rings (SSSR count). The van der Waals surface area contributed by atoms with Crippen molar-refractivity contribution in [2.45, 2.75) is 30.2 Å². The molecular weight excluding hydrogens is 446 g/mol. The number of sulfonamides is 1.